The summed E-state index contributed by atoms with van der Waals surface area (Å²) in [5, 5.41) is 15.0. The number of para-hydroxylation sites is 1. The molecule has 0 saturated carbocycles. The molecule has 2 N–H and O–H groups in total. The molecule has 31 heavy (non-hydrogen) atoms. The van der Waals surface area contributed by atoms with Crippen LogP contribution in [0.15, 0.2) is 97.2 Å². The van der Waals surface area contributed by atoms with Crippen molar-refractivity contribution < 1.29 is 9.90 Å². The van der Waals surface area contributed by atoms with Gasteiger partial charge in [0.2, 0.25) is 0 Å². The Kier molecular flexibility index (Phi) is 5.06. The summed E-state index contributed by atoms with van der Waals surface area (Å²) >= 11 is 6.09. The van der Waals surface area contributed by atoms with Crippen molar-refractivity contribution in [2.24, 2.45) is 0 Å². The molecule has 2 atom stereocenters. The van der Waals surface area contributed by atoms with E-state index in [1.54, 1.807) is 18.2 Å². The molecule has 0 aliphatic heterocycles. The number of aliphatic hydroxyl groups is 1. The molecular weight excluding hydrogens is 406 g/mol. The summed E-state index contributed by atoms with van der Waals surface area (Å²) in [6.07, 6.45) is 0.627. The van der Waals surface area contributed by atoms with Gasteiger partial charge in [0.1, 0.15) is 6.10 Å². The maximum absolute atomic E-state index is 13.4. The molecule has 0 aliphatic rings. The van der Waals surface area contributed by atoms with Crippen LogP contribution in [0.3, 0.4) is 0 Å². The standard InChI is InChI=1S/C27H20ClNO2/c28-21-13-11-18(12-14-21)25(23-16-29-24-8-4-3-7-22(23)24)27(31)26(30)20-10-9-17-5-1-2-6-19(17)15-20/h1-16,25,27,29,31H/t25-,27+/m0/s1. The van der Waals surface area contributed by atoms with Gasteiger partial charge in [-0.2, -0.15) is 0 Å². The second-order valence-corrected chi connectivity index (χ2v) is 8.13. The minimum Gasteiger partial charge on any atom is -0.384 e. The Morgan fingerprint density at radius 1 is 0.839 bits per heavy atom. The number of aliphatic hydroxyl groups excluding tert-OH is 1. The Labute approximate surface area is 184 Å². The van der Waals surface area contributed by atoms with Crippen molar-refractivity contribution >= 4 is 39.1 Å². The Morgan fingerprint density at radius 2 is 1.55 bits per heavy atom. The Hall–Kier alpha value is -3.40. The van der Waals surface area contributed by atoms with Crippen molar-refractivity contribution in [2.75, 3.05) is 0 Å². The largest absolute Gasteiger partial charge is 0.384 e. The van der Waals surface area contributed by atoms with Crippen LogP contribution in [-0.4, -0.2) is 22.0 Å². The van der Waals surface area contributed by atoms with Crippen LogP contribution < -0.4 is 0 Å². The summed E-state index contributed by atoms with van der Waals surface area (Å²) in [6.45, 7) is 0. The van der Waals surface area contributed by atoms with E-state index in [1.807, 2.05) is 79.0 Å². The number of aromatic nitrogens is 1. The number of nitrogens with one attached hydrogen (secondary N) is 1. The van der Waals surface area contributed by atoms with E-state index in [9.17, 15) is 9.90 Å². The van der Waals surface area contributed by atoms with Gasteiger partial charge < -0.3 is 10.1 Å². The number of carbonyl (C=O) groups is 1. The van der Waals surface area contributed by atoms with E-state index in [0.29, 0.717) is 10.6 Å². The first-order valence-corrected chi connectivity index (χ1v) is 10.5. The molecule has 0 radical (unpaired) electrons. The Bertz CT molecular complexity index is 1390. The molecule has 0 unspecified atom stereocenters. The van der Waals surface area contributed by atoms with Gasteiger partial charge in [-0.3, -0.25) is 4.79 Å². The molecule has 0 fully saturated rings. The van der Waals surface area contributed by atoms with Crippen LogP contribution in [0.2, 0.25) is 5.02 Å². The van der Waals surface area contributed by atoms with Crippen LogP contribution in [0.25, 0.3) is 21.7 Å². The second kappa shape index (κ2) is 8.03. The molecule has 0 saturated heterocycles. The van der Waals surface area contributed by atoms with E-state index in [1.165, 1.54) is 0 Å². The normalized spacial score (nSPS) is 13.4. The van der Waals surface area contributed by atoms with Crippen LogP contribution in [0, 0.1) is 0 Å². The minimum atomic E-state index is -1.25. The molecule has 1 aromatic heterocycles. The number of hydrogen-bond donors (Lipinski definition) is 2. The number of hydrogen-bond acceptors (Lipinski definition) is 2. The zero-order chi connectivity index (χ0) is 21.4. The highest BCUT2D eigenvalue weighted by molar-refractivity contribution is 6.30. The number of aromatic amines is 1. The fourth-order valence-electron chi connectivity index (χ4n) is 4.22. The van der Waals surface area contributed by atoms with Gasteiger partial charge in [-0.25, -0.2) is 0 Å². The lowest BCUT2D eigenvalue weighted by Crippen LogP contribution is -2.29. The van der Waals surface area contributed by atoms with E-state index in [0.717, 1.165) is 32.8 Å². The molecule has 4 aromatic carbocycles. The highest BCUT2D eigenvalue weighted by atomic mass is 35.5. The lowest BCUT2D eigenvalue weighted by molar-refractivity contribution is 0.0716. The van der Waals surface area contributed by atoms with E-state index in [2.05, 4.69) is 4.98 Å². The van der Waals surface area contributed by atoms with E-state index >= 15 is 0 Å². The number of rotatable bonds is 5. The van der Waals surface area contributed by atoms with Gasteiger partial charge in [-0.1, -0.05) is 78.3 Å². The topological polar surface area (TPSA) is 53.1 Å². The van der Waals surface area contributed by atoms with Crippen LogP contribution in [0.4, 0.5) is 0 Å². The van der Waals surface area contributed by atoms with Crippen LogP contribution in [0.1, 0.15) is 27.4 Å². The van der Waals surface area contributed by atoms with Crippen molar-refractivity contribution in [3.05, 3.63) is 119 Å². The number of halogens is 1. The third-order valence-electron chi connectivity index (χ3n) is 5.80. The van der Waals surface area contributed by atoms with Crippen LogP contribution in [-0.2, 0) is 0 Å². The average Bonchev–Trinajstić information content (AvgIpc) is 3.23. The highest BCUT2D eigenvalue weighted by Crippen LogP contribution is 2.35. The predicted octanol–water partition coefficient (Wildman–Crippen LogP) is 6.35. The third kappa shape index (κ3) is 3.63. The molecule has 152 valence electrons. The fraction of sp³-hybridized carbons (Fsp3) is 0.0741. The van der Waals surface area contributed by atoms with Crippen molar-refractivity contribution in [2.45, 2.75) is 12.0 Å². The number of benzene rings is 4. The maximum Gasteiger partial charge on any atom is 0.192 e. The van der Waals surface area contributed by atoms with Gasteiger partial charge in [0.25, 0.3) is 0 Å². The van der Waals surface area contributed by atoms with E-state index in [4.69, 9.17) is 11.6 Å². The molecule has 1 heterocycles. The number of fused-ring (bicyclic) bond motifs is 2. The van der Waals surface area contributed by atoms with E-state index in [-0.39, 0.29) is 5.78 Å². The summed E-state index contributed by atoms with van der Waals surface area (Å²) in [6, 6.07) is 28.6. The number of ketones is 1. The van der Waals surface area contributed by atoms with Gasteiger partial charge in [-0.15, -0.1) is 0 Å². The number of carbonyl (C=O) groups excluding carboxylic acids is 1. The van der Waals surface area contributed by atoms with Crippen molar-refractivity contribution in [3.8, 4) is 0 Å². The fourth-order valence-corrected chi connectivity index (χ4v) is 4.34. The SMILES string of the molecule is O=C(c1ccc2ccccc2c1)[C@H](O)[C@@H](c1ccc(Cl)cc1)c1c[nH]c2ccccc12. The predicted molar refractivity (Wildman–Crippen MR) is 126 cm³/mol. The van der Waals surface area contributed by atoms with E-state index < -0.39 is 12.0 Å². The zero-order valence-corrected chi connectivity index (χ0v) is 17.4. The molecule has 5 aromatic rings. The van der Waals surface area contributed by atoms with Gasteiger partial charge in [0.05, 0.1) is 0 Å². The monoisotopic (exact) mass is 425 g/mol. The first-order valence-electron chi connectivity index (χ1n) is 10.1. The highest BCUT2D eigenvalue weighted by Gasteiger charge is 2.31. The first-order chi connectivity index (χ1) is 15.1. The first kappa shape index (κ1) is 19.6. The molecule has 0 bridgehead atoms. The maximum atomic E-state index is 13.4. The lowest BCUT2D eigenvalue weighted by atomic mass is 9.83. The summed E-state index contributed by atoms with van der Waals surface area (Å²) in [5.41, 5.74) is 3.15. The van der Waals surface area contributed by atoms with Crippen LogP contribution >= 0.6 is 11.6 Å². The summed E-state index contributed by atoms with van der Waals surface area (Å²) in [7, 11) is 0. The number of H-pyrrole nitrogens is 1. The molecule has 3 nitrogen and oxygen atoms in total. The van der Waals surface area contributed by atoms with Gasteiger partial charge in [0, 0.05) is 33.6 Å². The molecular formula is C27H20ClNO2. The third-order valence-corrected chi connectivity index (χ3v) is 6.06. The molecule has 0 spiro atoms. The van der Waals surface area contributed by atoms with Gasteiger partial charge in [0.15, 0.2) is 5.78 Å². The summed E-state index contributed by atoms with van der Waals surface area (Å²) in [4.78, 5) is 16.7. The van der Waals surface area contributed by atoms with Crippen molar-refractivity contribution in [1.29, 1.82) is 0 Å². The second-order valence-electron chi connectivity index (χ2n) is 7.69. The smallest absolute Gasteiger partial charge is 0.192 e. The molecule has 0 aliphatic carbocycles. The average molecular weight is 426 g/mol. The summed E-state index contributed by atoms with van der Waals surface area (Å²) < 4.78 is 0. The Balaban J connectivity index is 1.61. The van der Waals surface area contributed by atoms with Crippen molar-refractivity contribution in [1.82, 2.24) is 4.98 Å². The van der Waals surface area contributed by atoms with Gasteiger partial charge in [-0.05, 0) is 46.2 Å². The van der Waals surface area contributed by atoms with Gasteiger partial charge >= 0.3 is 0 Å². The molecule has 5 rings (SSSR count). The quantitative estimate of drug-likeness (QED) is 0.322. The zero-order valence-electron chi connectivity index (χ0n) is 16.6. The van der Waals surface area contributed by atoms with Crippen LogP contribution in [0.5, 0.6) is 0 Å². The minimum absolute atomic E-state index is 0.309. The lowest BCUT2D eigenvalue weighted by Gasteiger charge is -2.23. The Morgan fingerprint density at radius 3 is 2.35 bits per heavy atom. The molecule has 4 heteroatoms. The number of Topliss-reactive ketones (excluding diaryl/α,β-unsaturated/α-hetero) is 1. The molecule has 0 amide bonds. The summed E-state index contributed by atoms with van der Waals surface area (Å²) in [5.74, 6) is -0.844. The van der Waals surface area contributed by atoms with Crippen molar-refractivity contribution in [3.63, 3.8) is 0 Å².